The largest absolute Gasteiger partial charge is 0.379 e. The van der Waals surface area contributed by atoms with Gasteiger partial charge in [0.1, 0.15) is 5.78 Å². The predicted molar refractivity (Wildman–Crippen MR) is 154 cm³/mol. The lowest BCUT2D eigenvalue weighted by Gasteiger charge is -2.13. The maximum Gasteiger partial charge on any atom is 0.220 e. The fourth-order valence-electron chi connectivity index (χ4n) is 4.38. The number of hydrogen-bond donors (Lipinski definition) is 3. The van der Waals surface area contributed by atoms with Gasteiger partial charge < -0.3 is 21.5 Å². The summed E-state index contributed by atoms with van der Waals surface area (Å²) in [7, 11) is 0. The number of rotatable bonds is 24. The molecule has 0 aliphatic rings. The van der Waals surface area contributed by atoms with E-state index >= 15 is 0 Å². The summed E-state index contributed by atoms with van der Waals surface area (Å²) < 4.78 is 7.29. The third-order valence-electron chi connectivity index (χ3n) is 6.69. The highest BCUT2D eigenvalue weighted by Crippen LogP contribution is 2.11. The first-order valence-electron chi connectivity index (χ1n) is 14.9. The number of carbonyl (C=O) groups excluding carboxylic acids is 3. The van der Waals surface area contributed by atoms with Crippen molar-refractivity contribution in [2.45, 2.75) is 123 Å². The van der Waals surface area contributed by atoms with E-state index in [9.17, 15) is 14.4 Å². The van der Waals surface area contributed by atoms with Crippen molar-refractivity contribution in [3.8, 4) is 0 Å². The topological polar surface area (TPSA) is 155 Å². The van der Waals surface area contributed by atoms with Gasteiger partial charge in [-0.1, -0.05) is 45.7 Å². The first-order chi connectivity index (χ1) is 18.6. The van der Waals surface area contributed by atoms with Crippen LogP contribution in [0.25, 0.3) is 0 Å². The van der Waals surface area contributed by atoms with Gasteiger partial charge >= 0.3 is 0 Å². The Labute approximate surface area is 235 Å². The number of nitrogens with zero attached hydrogens (tertiary/aromatic N) is 3. The smallest absolute Gasteiger partial charge is 0.220 e. The first-order valence-corrected chi connectivity index (χ1v) is 14.9. The van der Waals surface area contributed by atoms with Crippen LogP contribution in [0, 0.1) is 11.8 Å². The van der Waals surface area contributed by atoms with E-state index < -0.39 is 6.04 Å². The highest BCUT2D eigenvalue weighted by atomic mass is 16.5. The molecule has 5 N–H and O–H groups in total. The van der Waals surface area contributed by atoms with E-state index in [1.165, 1.54) is 0 Å². The van der Waals surface area contributed by atoms with Gasteiger partial charge in [0.25, 0.3) is 0 Å². The van der Waals surface area contributed by atoms with Gasteiger partial charge in [0.15, 0.2) is 5.78 Å². The van der Waals surface area contributed by atoms with Crippen molar-refractivity contribution in [3.05, 3.63) is 11.9 Å². The van der Waals surface area contributed by atoms with Gasteiger partial charge in [-0.05, 0) is 44.4 Å². The van der Waals surface area contributed by atoms with Gasteiger partial charge in [0.05, 0.1) is 31.5 Å². The molecule has 0 bridgehead atoms. The normalized spacial score (nSPS) is 13.1. The number of hydrogen-bond acceptors (Lipinski definition) is 8. The summed E-state index contributed by atoms with van der Waals surface area (Å²) in [5.74, 6) is 0.885. The summed E-state index contributed by atoms with van der Waals surface area (Å²) in [6.07, 6.45) is 11.1. The minimum Gasteiger partial charge on any atom is -0.379 e. The van der Waals surface area contributed by atoms with Gasteiger partial charge in [0.2, 0.25) is 5.91 Å². The Bertz CT molecular complexity index is 826. The average Bonchev–Trinajstić information content (AvgIpc) is 3.33. The van der Waals surface area contributed by atoms with Gasteiger partial charge in [0, 0.05) is 50.4 Å². The quantitative estimate of drug-likeness (QED) is 0.166. The van der Waals surface area contributed by atoms with E-state index in [1.807, 2.05) is 20.0 Å². The Morgan fingerprint density at radius 3 is 2.41 bits per heavy atom. The number of ketones is 2. The van der Waals surface area contributed by atoms with E-state index in [0.717, 1.165) is 50.6 Å². The molecule has 1 aromatic rings. The summed E-state index contributed by atoms with van der Waals surface area (Å²) in [6.45, 7) is 10.1. The van der Waals surface area contributed by atoms with Crippen LogP contribution in [-0.2, 0) is 32.1 Å². The van der Waals surface area contributed by atoms with Gasteiger partial charge in [-0.3, -0.25) is 14.4 Å². The van der Waals surface area contributed by atoms with E-state index in [4.69, 9.17) is 16.2 Å². The lowest BCUT2D eigenvalue weighted by molar-refractivity contribution is -0.123. The Morgan fingerprint density at radius 2 is 1.69 bits per heavy atom. The Hall–Kier alpha value is -2.17. The summed E-state index contributed by atoms with van der Waals surface area (Å²) >= 11 is 0. The standard InChI is InChI=1S/C29H54N6O4/c1-22(2)20-24(30)10-6-5-7-11-26(36)15-18-39-19-17-35-21-25(33-34-35)13-14-28(37)32-16-9-8-12-27(31)29(38)23(3)4/h21-24,27H,5-20,30-31H2,1-4H3,(H,32,37). The zero-order valence-corrected chi connectivity index (χ0v) is 24.8. The van der Waals surface area contributed by atoms with E-state index in [2.05, 4.69) is 29.5 Å². The minimum atomic E-state index is -0.416. The zero-order valence-electron chi connectivity index (χ0n) is 24.8. The second-order valence-electron chi connectivity index (χ2n) is 11.4. The number of ether oxygens (including phenoxy) is 1. The molecule has 10 nitrogen and oxygen atoms in total. The van der Waals surface area contributed by atoms with Gasteiger partial charge in [-0.15, -0.1) is 5.10 Å². The molecule has 2 unspecified atom stereocenters. The molecule has 0 spiro atoms. The van der Waals surface area contributed by atoms with Gasteiger partial charge in [-0.25, -0.2) is 4.68 Å². The molecule has 0 radical (unpaired) electrons. The Kier molecular flexibility index (Phi) is 18.5. The molecule has 1 rings (SSSR count). The van der Waals surface area contributed by atoms with E-state index in [1.54, 1.807) is 4.68 Å². The molecular weight excluding hydrogens is 496 g/mol. The molecule has 0 aromatic carbocycles. The third-order valence-corrected chi connectivity index (χ3v) is 6.69. The molecular formula is C29H54N6O4. The SMILES string of the molecule is CC(C)CC(N)CCCCCC(=O)CCOCCn1cc(CCC(=O)NCCCCC(N)C(=O)C(C)C)nn1. The third kappa shape index (κ3) is 17.9. The van der Waals surface area contributed by atoms with Crippen LogP contribution in [0.5, 0.6) is 0 Å². The molecule has 0 saturated carbocycles. The maximum atomic E-state index is 12.1. The number of amides is 1. The molecule has 1 amide bonds. The van der Waals surface area contributed by atoms with Crippen molar-refractivity contribution in [1.82, 2.24) is 20.3 Å². The number of aromatic nitrogens is 3. The molecule has 0 aliphatic carbocycles. The van der Waals surface area contributed by atoms with Crippen molar-refractivity contribution >= 4 is 17.5 Å². The number of nitrogens with two attached hydrogens (primary N) is 2. The van der Waals surface area contributed by atoms with Crippen LogP contribution >= 0.6 is 0 Å². The lowest BCUT2D eigenvalue weighted by Crippen LogP contribution is -2.33. The van der Waals surface area contributed by atoms with E-state index in [0.29, 0.717) is 64.3 Å². The average molecular weight is 551 g/mol. The van der Waals surface area contributed by atoms with Gasteiger partial charge in [-0.2, -0.15) is 0 Å². The number of aryl methyl sites for hydroxylation is 1. The zero-order chi connectivity index (χ0) is 29.0. The number of nitrogens with one attached hydrogen (secondary N) is 1. The van der Waals surface area contributed by atoms with Crippen LogP contribution < -0.4 is 16.8 Å². The highest BCUT2D eigenvalue weighted by Gasteiger charge is 2.16. The predicted octanol–water partition coefficient (Wildman–Crippen LogP) is 3.35. The molecule has 0 aliphatic heterocycles. The summed E-state index contributed by atoms with van der Waals surface area (Å²) in [5, 5.41) is 11.1. The fraction of sp³-hybridized carbons (Fsp3) is 0.828. The van der Waals surface area contributed by atoms with Crippen molar-refractivity contribution in [2.24, 2.45) is 23.3 Å². The van der Waals surface area contributed by atoms with Crippen molar-refractivity contribution < 1.29 is 19.1 Å². The lowest BCUT2D eigenvalue weighted by atomic mass is 9.98. The first kappa shape index (κ1) is 34.9. The molecule has 0 fully saturated rings. The molecule has 39 heavy (non-hydrogen) atoms. The van der Waals surface area contributed by atoms with Crippen LogP contribution in [0.2, 0.25) is 0 Å². The maximum absolute atomic E-state index is 12.1. The van der Waals surface area contributed by atoms with Crippen molar-refractivity contribution in [2.75, 3.05) is 19.8 Å². The number of unbranched alkanes of at least 4 members (excludes halogenated alkanes) is 3. The number of carbonyl (C=O) groups is 3. The van der Waals surface area contributed by atoms with E-state index in [-0.39, 0.29) is 29.4 Å². The molecule has 224 valence electrons. The Balaban J connectivity index is 2.04. The summed E-state index contributed by atoms with van der Waals surface area (Å²) in [4.78, 5) is 35.9. The second kappa shape index (κ2) is 20.7. The van der Waals surface area contributed by atoms with Crippen molar-refractivity contribution in [1.29, 1.82) is 0 Å². The number of Topliss-reactive ketones (excluding diaryl/α,β-unsaturated/α-hetero) is 2. The molecule has 1 heterocycles. The van der Waals surface area contributed by atoms with Crippen LogP contribution in [0.4, 0.5) is 0 Å². The minimum absolute atomic E-state index is 0.0326. The Morgan fingerprint density at radius 1 is 0.949 bits per heavy atom. The van der Waals surface area contributed by atoms with Crippen LogP contribution in [0.15, 0.2) is 6.20 Å². The summed E-state index contributed by atoms with van der Waals surface area (Å²) in [6, 6.07) is -0.143. The fourth-order valence-corrected chi connectivity index (χ4v) is 4.38. The highest BCUT2D eigenvalue weighted by molar-refractivity contribution is 5.85. The second-order valence-corrected chi connectivity index (χ2v) is 11.4. The molecule has 1 aromatic heterocycles. The molecule has 10 heteroatoms. The molecule has 0 saturated heterocycles. The van der Waals surface area contributed by atoms with Crippen LogP contribution in [0.3, 0.4) is 0 Å². The van der Waals surface area contributed by atoms with Crippen LogP contribution in [-0.4, -0.2) is 64.3 Å². The van der Waals surface area contributed by atoms with Crippen molar-refractivity contribution in [3.63, 3.8) is 0 Å². The molecule has 2 atom stereocenters. The monoisotopic (exact) mass is 550 g/mol. The summed E-state index contributed by atoms with van der Waals surface area (Å²) in [5.41, 5.74) is 12.8. The van der Waals surface area contributed by atoms with Crippen LogP contribution in [0.1, 0.15) is 104 Å².